The van der Waals surface area contributed by atoms with E-state index in [0.717, 1.165) is 11.1 Å². The first-order valence-corrected chi connectivity index (χ1v) is 20.3. The molecule has 2 aliphatic rings. The monoisotopic (exact) mass is 733 g/mol. The van der Waals surface area contributed by atoms with Crippen molar-refractivity contribution in [3.05, 3.63) is 187 Å². The molecular formula is C54H49B2N. The maximum absolute atomic E-state index is 4.03. The molecule has 276 valence electrons. The number of fused-ring (bicyclic) bond motifs is 4. The molecule has 0 spiro atoms. The van der Waals surface area contributed by atoms with E-state index in [1.54, 1.807) is 0 Å². The number of rotatable bonds is 6. The SMILES string of the molecule is C=Cc1ccc(-c2ccc3c(c2)B(c2ccc(C(C)(C)C)cc2)c2cc(-c4ccc(C=C)cc4)cc4c2N3c2ccccc2B4c2ccc(C(C)(C)C)cc2)cc1. The number of hydrogen-bond donors (Lipinski definition) is 0. The predicted molar refractivity (Wildman–Crippen MR) is 252 cm³/mol. The predicted octanol–water partition coefficient (Wildman–Crippen LogP) is 10.0. The molecule has 9 rings (SSSR count). The van der Waals surface area contributed by atoms with Crippen LogP contribution in [0.2, 0.25) is 0 Å². The zero-order valence-corrected chi connectivity index (χ0v) is 34.1. The summed E-state index contributed by atoms with van der Waals surface area (Å²) >= 11 is 0. The van der Waals surface area contributed by atoms with Crippen molar-refractivity contribution >= 4 is 75.4 Å². The van der Waals surface area contributed by atoms with E-state index >= 15 is 0 Å². The molecule has 0 saturated carbocycles. The molecule has 0 amide bonds. The number of hydrogen-bond acceptors (Lipinski definition) is 1. The van der Waals surface area contributed by atoms with Gasteiger partial charge in [-0.25, -0.2) is 0 Å². The third kappa shape index (κ3) is 6.40. The Bertz CT molecular complexity index is 2650. The van der Waals surface area contributed by atoms with E-state index in [1.165, 1.54) is 83.2 Å². The maximum atomic E-state index is 4.03. The molecule has 0 radical (unpaired) electrons. The molecule has 0 unspecified atom stereocenters. The zero-order chi connectivity index (χ0) is 39.6. The van der Waals surface area contributed by atoms with E-state index < -0.39 is 0 Å². The minimum atomic E-state index is 0.00740. The van der Waals surface area contributed by atoms with Crippen LogP contribution >= 0.6 is 0 Å². The van der Waals surface area contributed by atoms with Gasteiger partial charge in [0.1, 0.15) is 0 Å². The third-order valence-electron chi connectivity index (χ3n) is 12.3. The Kier molecular flexibility index (Phi) is 8.89. The Balaban J connectivity index is 1.35. The second-order valence-corrected chi connectivity index (χ2v) is 17.9. The molecule has 2 aliphatic heterocycles. The number of anilines is 3. The molecular weight excluding hydrogens is 684 g/mol. The second-order valence-electron chi connectivity index (χ2n) is 17.9. The van der Waals surface area contributed by atoms with Crippen LogP contribution in [0.1, 0.15) is 63.8 Å². The highest BCUT2D eigenvalue weighted by molar-refractivity contribution is 7.02. The molecule has 0 aliphatic carbocycles. The first kappa shape index (κ1) is 36.6. The van der Waals surface area contributed by atoms with E-state index in [2.05, 4.69) is 211 Å². The summed E-state index contributed by atoms with van der Waals surface area (Å²) in [6, 6.07) is 57.7. The molecule has 1 nitrogen and oxygen atoms in total. The fourth-order valence-electron chi connectivity index (χ4n) is 9.05. The lowest BCUT2D eigenvalue weighted by atomic mass is 9.30. The smallest absolute Gasteiger partial charge is 0.246 e. The van der Waals surface area contributed by atoms with Crippen molar-refractivity contribution < 1.29 is 0 Å². The number of para-hydroxylation sites is 1. The Morgan fingerprint density at radius 2 is 0.842 bits per heavy atom. The summed E-state index contributed by atoms with van der Waals surface area (Å²) in [6.45, 7) is 21.8. The van der Waals surface area contributed by atoms with Gasteiger partial charge in [-0.3, -0.25) is 0 Å². The van der Waals surface area contributed by atoms with Crippen LogP contribution in [0.15, 0.2) is 165 Å². The van der Waals surface area contributed by atoms with Gasteiger partial charge in [0.25, 0.3) is 0 Å². The summed E-state index contributed by atoms with van der Waals surface area (Å²) < 4.78 is 0. The van der Waals surface area contributed by atoms with Gasteiger partial charge in [-0.1, -0.05) is 217 Å². The molecule has 0 atom stereocenters. The van der Waals surface area contributed by atoms with Gasteiger partial charge >= 0.3 is 0 Å². The zero-order valence-electron chi connectivity index (χ0n) is 34.1. The summed E-state index contributed by atoms with van der Waals surface area (Å²) in [6.07, 6.45) is 3.83. The molecule has 3 heteroatoms. The summed E-state index contributed by atoms with van der Waals surface area (Å²) in [5.41, 5.74) is 21.6. The van der Waals surface area contributed by atoms with Crippen molar-refractivity contribution in [2.24, 2.45) is 0 Å². The normalized spacial score (nSPS) is 13.1. The van der Waals surface area contributed by atoms with Crippen LogP contribution < -0.4 is 37.7 Å². The highest BCUT2D eigenvalue weighted by Gasteiger charge is 2.44. The fourth-order valence-corrected chi connectivity index (χ4v) is 9.05. The average Bonchev–Trinajstić information content (AvgIpc) is 3.22. The number of benzene rings is 7. The van der Waals surface area contributed by atoms with E-state index in [9.17, 15) is 0 Å². The minimum absolute atomic E-state index is 0.00740. The highest BCUT2D eigenvalue weighted by Crippen LogP contribution is 2.40. The lowest BCUT2D eigenvalue weighted by Gasteiger charge is -2.44. The second kappa shape index (κ2) is 13.9. The van der Waals surface area contributed by atoms with Gasteiger partial charge in [0.15, 0.2) is 0 Å². The van der Waals surface area contributed by atoms with Gasteiger partial charge in [-0.15, -0.1) is 0 Å². The van der Waals surface area contributed by atoms with Gasteiger partial charge in [-0.05, 0) is 89.3 Å². The standard InChI is InChI=1S/C54H49B2N/c1-9-36-15-19-38(20-16-36)40-23-32-51-47(33-40)56(45-30-26-43(27-31-45)54(6,7)8)49-35-41(39-21-17-37(10-2)18-22-39)34-48-52(49)57(51)50-14-12-11-13-46(50)55(48)44-28-24-42(25-29-44)53(3,4)5/h9-35H,1-2H2,3-8H3. The molecule has 2 heterocycles. The van der Waals surface area contributed by atoms with Crippen molar-refractivity contribution in [3.8, 4) is 22.3 Å². The van der Waals surface area contributed by atoms with Gasteiger partial charge in [-0.2, -0.15) is 0 Å². The van der Waals surface area contributed by atoms with Gasteiger partial charge in [0.2, 0.25) is 13.4 Å². The summed E-state index contributed by atoms with van der Waals surface area (Å²) in [4.78, 5) is 2.57. The molecule has 0 aromatic heterocycles. The minimum Gasteiger partial charge on any atom is -0.313 e. The first-order valence-electron chi connectivity index (χ1n) is 20.3. The number of nitrogens with zero attached hydrogens (tertiary/aromatic N) is 1. The molecule has 7 aromatic rings. The van der Waals surface area contributed by atoms with Crippen LogP contribution in [0, 0.1) is 0 Å². The Morgan fingerprint density at radius 3 is 1.33 bits per heavy atom. The Morgan fingerprint density at radius 1 is 0.421 bits per heavy atom. The Hall–Kier alpha value is -6.05. The maximum Gasteiger partial charge on any atom is 0.246 e. The van der Waals surface area contributed by atoms with Crippen molar-refractivity contribution in [3.63, 3.8) is 0 Å². The van der Waals surface area contributed by atoms with E-state index in [4.69, 9.17) is 0 Å². The summed E-state index contributed by atoms with van der Waals surface area (Å²) in [7, 11) is 0. The summed E-state index contributed by atoms with van der Waals surface area (Å²) in [5.74, 6) is 0. The fraction of sp³-hybridized carbons (Fsp3) is 0.148. The van der Waals surface area contributed by atoms with Crippen molar-refractivity contribution in [1.82, 2.24) is 0 Å². The molecule has 0 saturated heterocycles. The van der Waals surface area contributed by atoms with Crippen LogP contribution in [-0.2, 0) is 10.8 Å². The van der Waals surface area contributed by atoms with Gasteiger partial charge < -0.3 is 4.90 Å². The first-order chi connectivity index (χ1) is 27.4. The highest BCUT2D eigenvalue weighted by atomic mass is 15.2. The topological polar surface area (TPSA) is 3.24 Å². The Labute approximate surface area is 340 Å². The average molecular weight is 734 g/mol. The quantitative estimate of drug-likeness (QED) is 0.154. The van der Waals surface area contributed by atoms with Gasteiger partial charge in [0.05, 0.1) is 0 Å². The van der Waals surface area contributed by atoms with Crippen LogP contribution in [0.5, 0.6) is 0 Å². The van der Waals surface area contributed by atoms with Crippen LogP contribution in [-0.4, -0.2) is 13.4 Å². The van der Waals surface area contributed by atoms with Crippen LogP contribution in [0.4, 0.5) is 17.1 Å². The lowest BCUT2D eigenvalue weighted by molar-refractivity contribution is 0.590. The molecule has 0 N–H and O–H groups in total. The van der Waals surface area contributed by atoms with Crippen molar-refractivity contribution in [2.75, 3.05) is 4.90 Å². The van der Waals surface area contributed by atoms with Crippen LogP contribution in [0.25, 0.3) is 34.4 Å². The van der Waals surface area contributed by atoms with E-state index in [1.807, 2.05) is 12.2 Å². The van der Waals surface area contributed by atoms with Crippen molar-refractivity contribution in [1.29, 1.82) is 0 Å². The van der Waals surface area contributed by atoms with Crippen LogP contribution in [0.3, 0.4) is 0 Å². The van der Waals surface area contributed by atoms with E-state index in [0.29, 0.717) is 0 Å². The molecule has 57 heavy (non-hydrogen) atoms. The molecule has 0 bridgehead atoms. The van der Waals surface area contributed by atoms with Gasteiger partial charge in [0, 0.05) is 17.1 Å². The summed E-state index contributed by atoms with van der Waals surface area (Å²) in [5, 5.41) is 0. The van der Waals surface area contributed by atoms with Crippen molar-refractivity contribution in [2.45, 2.75) is 52.4 Å². The molecule has 0 fully saturated rings. The largest absolute Gasteiger partial charge is 0.313 e. The third-order valence-corrected chi connectivity index (χ3v) is 12.3. The lowest BCUT2D eigenvalue weighted by Crippen LogP contribution is -2.65. The molecule has 7 aromatic carbocycles. The van der Waals surface area contributed by atoms with E-state index in [-0.39, 0.29) is 24.3 Å².